The molecule has 1 heterocycles. The fourth-order valence-corrected chi connectivity index (χ4v) is 4.35. The number of aryl methyl sites for hydroxylation is 1. The molecule has 0 saturated carbocycles. The van der Waals surface area contributed by atoms with Crippen molar-refractivity contribution in [1.29, 1.82) is 0 Å². The van der Waals surface area contributed by atoms with Crippen molar-refractivity contribution in [1.82, 2.24) is 4.90 Å². The maximum atomic E-state index is 14.1. The summed E-state index contributed by atoms with van der Waals surface area (Å²) in [5.41, 5.74) is 2.75. The molecule has 140 valence electrons. The van der Waals surface area contributed by atoms with Crippen LogP contribution in [0, 0.1) is 11.7 Å². The van der Waals surface area contributed by atoms with Gasteiger partial charge in [-0.3, -0.25) is 9.59 Å². The lowest BCUT2D eigenvalue weighted by molar-refractivity contribution is -0.137. The van der Waals surface area contributed by atoms with Crippen LogP contribution in [0.5, 0.6) is 0 Å². The minimum atomic E-state index is -0.437. The number of carbonyl (C=O) groups is 2. The summed E-state index contributed by atoms with van der Waals surface area (Å²) in [5, 5.41) is 0. The highest BCUT2D eigenvalue weighted by Gasteiger charge is 2.39. The molecular formula is C22H23FN2O2. The number of carbonyl (C=O) groups excluding carboxylic acids is 2. The van der Waals surface area contributed by atoms with Gasteiger partial charge in [0.05, 0.1) is 17.6 Å². The van der Waals surface area contributed by atoms with Crippen LogP contribution in [-0.2, 0) is 16.0 Å². The zero-order valence-electron chi connectivity index (χ0n) is 15.4. The van der Waals surface area contributed by atoms with E-state index in [0.717, 1.165) is 19.3 Å². The van der Waals surface area contributed by atoms with Gasteiger partial charge in [-0.25, -0.2) is 4.39 Å². The highest BCUT2D eigenvalue weighted by molar-refractivity contribution is 6.00. The third kappa shape index (κ3) is 3.22. The largest absolute Gasteiger partial charge is 0.338 e. The molecule has 4 rings (SSSR count). The molecule has 2 aromatic carbocycles. The van der Waals surface area contributed by atoms with Crippen molar-refractivity contribution < 1.29 is 14.0 Å². The van der Waals surface area contributed by atoms with Crippen molar-refractivity contribution in [3.8, 4) is 0 Å². The van der Waals surface area contributed by atoms with Crippen molar-refractivity contribution in [2.24, 2.45) is 5.92 Å². The van der Waals surface area contributed by atoms with Crippen molar-refractivity contribution >= 4 is 17.5 Å². The lowest BCUT2D eigenvalue weighted by Gasteiger charge is -2.34. The first kappa shape index (κ1) is 17.7. The molecule has 0 radical (unpaired) electrons. The maximum Gasteiger partial charge on any atom is 0.228 e. The van der Waals surface area contributed by atoms with Gasteiger partial charge in [0.1, 0.15) is 5.82 Å². The summed E-state index contributed by atoms with van der Waals surface area (Å²) < 4.78 is 14.1. The molecule has 0 unspecified atom stereocenters. The SMILES string of the molecule is CN(C(=O)[C@@H]1CC(=O)N(c2ccccc2F)C1)[C@H]1CCCc2ccccc21. The van der Waals surface area contributed by atoms with Crippen molar-refractivity contribution in [3.63, 3.8) is 0 Å². The maximum absolute atomic E-state index is 14.1. The van der Waals surface area contributed by atoms with E-state index in [1.807, 2.05) is 19.2 Å². The lowest BCUT2D eigenvalue weighted by Crippen LogP contribution is -2.38. The Hall–Kier alpha value is -2.69. The third-order valence-corrected chi connectivity index (χ3v) is 5.77. The Morgan fingerprint density at radius 2 is 1.89 bits per heavy atom. The van der Waals surface area contributed by atoms with E-state index in [-0.39, 0.29) is 36.5 Å². The van der Waals surface area contributed by atoms with Crippen LogP contribution in [0.1, 0.15) is 36.4 Å². The van der Waals surface area contributed by atoms with E-state index in [4.69, 9.17) is 0 Å². The quantitative estimate of drug-likeness (QED) is 0.831. The summed E-state index contributed by atoms with van der Waals surface area (Å²) in [4.78, 5) is 28.7. The second kappa shape index (κ2) is 7.14. The number of halogens is 1. The van der Waals surface area contributed by atoms with E-state index in [2.05, 4.69) is 12.1 Å². The molecule has 1 fully saturated rings. The van der Waals surface area contributed by atoms with Gasteiger partial charge in [-0.05, 0) is 42.5 Å². The Morgan fingerprint density at radius 3 is 2.70 bits per heavy atom. The van der Waals surface area contributed by atoms with E-state index in [9.17, 15) is 14.0 Å². The monoisotopic (exact) mass is 366 g/mol. The number of para-hydroxylation sites is 1. The average molecular weight is 366 g/mol. The molecule has 1 saturated heterocycles. The van der Waals surface area contributed by atoms with Gasteiger partial charge in [0.2, 0.25) is 11.8 Å². The molecule has 2 aliphatic rings. The normalized spacial score (nSPS) is 21.9. The molecule has 5 heteroatoms. The second-order valence-electron chi connectivity index (χ2n) is 7.41. The first-order valence-electron chi connectivity index (χ1n) is 9.45. The van der Waals surface area contributed by atoms with Crippen LogP contribution in [-0.4, -0.2) is 30.3 Å². The Morgan fingerprint density at radius 1 is 1.15 bits per heavy atom. The minimum absolute atomic E-state index is 0.0381. The van der Waals surface area contributed by atoms with Crippen LogP contribution < -0.4 is 4.90 Å². The van der Waals surface area contributed by atoms with Crippen LogP contribution in [0.25, 0.3) is 0 Å². The molecular weight excluding hydrogens is 343 g/mol. The summed E-state index contributed by atoms with van der Waals surface area (Å²) in [6.45, 7) is 0.233. The summed E-state index contributed by atoms with van der Waals surface area (Å²) >= 11 is 0. The summed E-state index contributed by atoms with van der Waals surface area (Å²) in [6.07, 6.45) is 3.14. The molecule has 2 aromatic rings. The summed E-state index contributed by atoms with van der Waals surface area (Å²) in [7, 11) is 1.82. The molecule has 0 bridgehead atoms. The van der Waals surface area contributed by atoms with Crippen molar-refractivity contribution in [2.45, 2.75) is 31.7 Å². The van der Waals surface area contributed by atoms with Crippen LogP contribution >= 0.6 is 0 Å². The average Bonchev–Trinajstić information content (AvgIpc) is 3.08. The number of rotatable bonds is 3. The van der Waals surface area contributed by atoms with E-state index in [0.29, 0.717) is 0 Å². The predicted octanol–water partition coefficient (Wildman–Crippen LogP) is 3.71. The van der Waals surface area contributed by atoms with Gasteiger partial charge < -0.3 is 9.80 Å². The highest BCUT2D eigenvalue weighted by atomic mass is 19.1. The van der Waals surface area contributed by atoms with Crippen LogP contribution in [0.3, 0.4) is 0 Å². The van der Waals surface area contributed by atoms with E-state index >= 15 is 0 Å². The third-order valence-electron chi connectivity index (χ3n) is 5.77. The fourth-order valence-electron chi connectivity index (χ4n) is 4.35. The Balaban J connectivity index is 1.52. The minimum Gasteiger partial charge on any atom is -0.338 e. The molecule has 0 spiro atoms. The van der Waals surface area contributed by atoms with Gasteiger partial charge in [0, 0.05) is 20.0 Å². The lowest BCUT2D eigenvalue weighted by atomic mass is 9.86. The summed E-state index contributed by atoms with van der Waals surface area (Å²) in [6, 6.07) is 14.5. The Kier molecular flexibility index (Phi) is 4.68. The fraction of sp³-hybridized carbons (Fsp3) is 0.364. The smallest absolute Gasteiger partial charge is 0.228 e. The standard InChI is InChI=1S/C22H23FN2O2/c1-24(19-12-6-8-15-7-2-3-9-17(15)19)22(27)16-13-21(26)25(14-16)20-11-5-4-10-18(20)23/h2-5,7,9-11,16,19H,6,8,12-14H2,1H3/t16-,19+/m1/s1. The number of amides is 2. The van der Waals surface area contributed by atoms with Gasteiger partial charge in [0.15, 0.2) is 0 Å². The van der Waals surface area contributed by atoms with Gasteiger partial charge in [0.25, 0.3) is 0 Å². The zero-order chi connectivity index (χ0) is 19.0. The first-order chi connectivity index (χ1) is 13.1. The van der Waals surface area contributed by atoms with Crippen LogP contribution in [0.2, 0.25) is 0 Å². The van der Waals surface area contributed by atoms with Crippen LogP contribution in [0.15, 0.2) is 48.5 Å². The number of hydrogen-bond donors (Lipinski definition) is 0. The summed E-state index contributed by atoms with van der Waals surface area (Å²) in [5.74, 6) is -1.11. The van der Waals surface area contributed by atoms with E-state index < -0.39 is 11.7 Å². The van der Waals surface area contributed by atoms with Gasteiger partial charge in [-0.15, -0.1) is 0 Å². The number of nitrogens with zero attached hydrogens (tertiary/aromatic N) is 2. The van der Waals surface area contributed by atoms with Crippen LogP contribution in [0.4, 0.5) is 10.1 Å². The predicted molar refractivity (Wildman–Crippen MR) is 102 cm³/mol. The number of benzene rings is 2. The molecule has 0 N–H and O–H groups in total. The molecule has 27 heavy (non-hydrogen) atoms. The van der Waals surface area contributed by atoms with Crippen molar-refractivity contribution in [3.05, 3.63) is 65.5 Å². The van der Waals surface area contributed by atoms with Gasteiger partial charge >= 0.3 is 0 Å². The highest BCUT2D eigenvalue weighted by Crippen LogP contribution is 2.35. The molecule has 2 amide bonds. The molecule has 2 atom stereocenters. The number of hydrogen-bond acceptors (Lipinski definition) is 2. The van der Waals surface area contributed by atoms with E-state index in [1.165, 1.54) is 22.1 Å². The van der Waals surface area contributed by atoms with Gasteiger partial charge in [-0.1, -0.05) is 36.4 Å². The molecule has 1 aliphatic carbocycles. The second-order valence-corrected chi connectivity index (χ2v) is 7.41. The zero-order valence-corrected chi connectivity index (χ0v) is 15.4. The molecule has 1 aliphatic heterocycles. The number of fused-ring (bicyclic) bond motifs is 1. The van der Waals surface area contributed by atoms with E-state index in [1.54, 1.807) is 23.1 Å². The van der Waals surface area contributed by atoms with Crippen molar-refractivity contribution in [2.75, 3.05) is 18.5 Å². The Bertz CT molecular complexity index is 882. The van der Waals surface area contributed by atoms with Gasteiger partial charge in [-0.2, -0.15) is 0 Å². The molecule has 0 aromatic heterocycles. The molecule has 4 nitrogen and oxygen atoms in total. The number of anilines is 1. The topological polar surface area (TPSA) is 40.6 Å². The first-order valence-corrected chi connectivity index (χ1v) is 9.45. The Labute approximate surface area is 158 Å².